The molecule has 82 valence electrons. The zero-order valence-corrected chi connectivity index (χ0v) is 7.91. The molecule has 0 aliphatic heterocycles. The van der Waals surface area contributed by atoms with Crippen LogP contribution in [0.4, 0.5) is 0 Å². The molecule has 0 amide bonds. The first-order chi connectivity index (χ1) is 7.04. The summed E-state index contributed by atoms with van der Waals surface area (Å²) in [6, 6.07) is 4.43. The summed E-state index contributed by atoms with van der Waals surface area (Å²) in [7, 11) is 0. The smallest absolute Gasteiger partial charge is 0.321 e. The van der Waals surface area contributed by atoms with E-state index in [1.54, 1.807) is 12.4 Å². The first kappa shape index (κ1) is 13.1. The number of hydrogen-bond acceptors (Lipinski definition) is 4. The molecule has 1 heterocycles. The maximum atomic E-state index is 9.85. The van der Waals surface area contributed by atoms with Gasteiger partial charge in [0.05, 0.1) is 6.42 Å². The summed E-state index contributed by atoms with van der Waals surface area (Å²) in [5.41, 5.74) is 4.84. The molecule has 6 nitrogen and oxygen atoms in total. The molecular formula is C9H12N2O4. The average molecular weight is 212 g/mol. The predicted molar refractivity (Wildman–Crippen MR) is 52.1 cm³/mol. The molecule has 0 aliphatic carbocycles. The Hall–Kier alpha value is -1.95. The van der Waals surface area contributed by atoms with Crippen molar-refractivity contribution >= 4 is 11.9 Å². The predicted octanol–water partition coefficient (Wildman–Crippen LogP) is -0.0454. The van der Waals surface area contributed by atoms with Gasteiger partial charge in [-0.3, -0.25) is 14.6 Å². The fourth-order valence-electron chi connectivity index (χ4n) is 0.588. The lowest BCUT2D eigenvalue weighted by atomic mass is 10.2. The van der Waals surface area contributed by atoms with E-state index in [2.05, 4.69) is 4.98 Å². The fraction of sp³-hybridized carbons (Fsp3) is 0.222. The second-order valence-corrected chi connectivity index (χ2v) is 2.57. The Kier molecular flexibility index (Phi) is 6.48. The van der Waals surface area contributed by atoms with Crippen LogP contribution >= 0.6 is 0 Å². The van der Waals surface area contributed by atoms with Gasteiger partial charge in [0, 0.05) is 12.4 Å². The van der Waals surface area contributed by atoms with Crippen LogP contribution in [0.5, 0.6) is 0 Å². The van der Waals surface area contributed by atoms with Crippen LogP contribution in [0.1, 0.15) is 6.42 Å². The van der Waals surface area contributed by atoms with E-state index in [0.717, 1.165) is 0 Å². The number of carboxylic acid groups (broad SMARTS) is 2. The van der Waals surface area contributed by atoms with E-state index in [4.69, 9.17) is 15.9 Å². The number of hydrogen-bond donors (Lipinski definition) is 3. The van der Waals surface area contributed by atoms with E-state index >= 15 is 0 Å². The number of aromatic nitrogens is 1. The number of pyridine rings is 1. The largest absolute Gasteiger partial charge is 0.481 e. The van der Waals surface area contributed by atoms with Crippen molar-refractivity contribution in [3.63, 3.8) is 0 Å². The van der Waals surface area contributed by atoms with Crippen molar-refractivity contribution in [2.24, 2.45) is 5.73 Å². The van der Waals surface area contributed by atoms with Gasteiger partial charge in [-0.25, -0.2) is 0 Å². The monoisotopic (exact) mass is 212 g/mol. The molecule has 0 spiro atoms. The standard InChI is InChI=1S/C5H5N.C4H7NO4/c1-2-4-6-5-3-1;5-2(4(8)9)1-3(6)7/h1-5H;2H,1,5H2,(H,6,7)(H,8,9). The molecular weight excluding hydrogens is 200 g/mol. The minimum absolute atomic E-state index is 0.532. The number of rotatable bonds is 3. The summed E-state index contributed by atoms with van der Waals surface area (Å²) in [5.74, 6) is -2.50. The summed E-state index contributed by atoms with van der Waals surface area (Å²) >= 11 is 0. The summed E-state index contributed by atoms with van der Waals surface area (Å²) in [6.45, 7) is 0. The summed E-state index contributed by atoms with van der Waals surface area (Å²) < 4.78 is 0. The Morgan fingerprint density at radius 1 is 1.20 bits per heavy atom. The van der Waals surface area contributed by atoms with Crippen LogP contribution in [0.2, 0.25) is 0 Å². The number of aliphatic carboxylic acids is 2. The van der Waals surface area contributed by atoms with Crippen molar-refractivity contribution in [2.75, 3.05) is 0 Å². The molecule has 1 aromatic rings. The van der Waals surface area contributed by atoms with Crippen LogP contribution in [0.25, 0.3) is 0 Å². The minimum Gasteiger partial charge on any atom is -0.481 e. The molecule has 0 saturated carbocycles. The first-order valence-corrected chi connectivity index (χ1v) is 4.09. The van der Waals surface area contributed by atoms with E-state index < -0.39 is 24.4 Å². The van der Waals surface area contributed by atoms with Crippen molar-refractivity contribution < 1.29 is 19.8 Å². The molecule has 6 heteroatoms. The van der Waals surface area contributed by atoms with Crippen molar-refractivity contribution in [3.8, 4) is 0 Å². The summed E-state index contributed by atoms with van der Waals surface area (Å²) in [4.78, 5) is 23.4. The second-order valence-electron chi connectivity index (χ2n) is 2.57. The number of nitrogens with zero attached hydrogens (tertiary/aromatic N) is 1. The Morgan fingerprint density at radius 3 is 1.87 bits per heavy atom. The molecule has 0 bridgehead atoms. The molecule has 0 fully saturated rings. The van der Waals surface area contributed by atoms with E-state index in [1.165, 1.54) is 0 Å². The third kappa shape index (κ3) is 8.38. The molecule has 1 unspecified atom stereocenters. The van der Waals surface area contributed by atoms with Gasteiger partial charge in [0.1, 0.15) is 6.04 Å². The number of carbonyl (C=O) groups is 2. The summed E-state index contributed by atoms with van der Waals surface area (Å²) in [6.07, 6.45) is 2.97. The van der Waals surface area contributed by atoms with Crippen LogP contribution < -0.4 is 5.73 Å². The lowest BCUT2D eigenvalue weighted by Gasteiger charge is -1.99. The third-order valence-electron chi connectivity index (χ3n) is 1.28. The van der Waals surface area contributed by atoms with Gasteiger partial charge in [-0.05, 0) is 12.1 Å². The van der Waals surface area contributed by atoms with Gasteiger partial charge in [0.2, 0.25) is 0 Å². The van der Waals surface area contributed by atoms with Gasteiger partial charge in [-0.1, -0.05) is 6.07 Å². The number of carboxylic acids is 2. The number of nitrogens with two attached hydrogens (primary N) is 1. The second kappa shape index (κ2) is 7.45. The Labute approximate surface area is 86.4 Å². The highest BCUT2D eigenvalue weighted by molar-refractivity contribution is 5.80. The fourth-order valence-corrected chi connectivity index (χ4v) is 0.588. The highest BCUT2D eigenvalue weighted by atomic mass is 16.4. The topological polar surface area (TPSA) is 114 Å². The third-order valence-corrected chi connectivity index (χ3v) is 1.28. The molecule has 1 rings (SSSR count). The van der Waals surface area contributed by atoms with Gasteiger partial charge in [-0.15, -0.1) is 0 Å². The molecule has 0 radical (unpaired) electrons. The van der Waals surface area contributed by atoms with Crippen molar-refractivity contribution in [1.29, 1.82) is 0 Å². The van der Waals surface area contributed by atoms with Crippen LogP contribution in [0.3, 0.4) is 0 Å². The van der Waals surface area contributed by atoms with Crippen LogP contribution in [-0.2, 0) is 9.59 Å². The highest BCUT2D eigenvalue weighted by Gasteiger charge is 2.14. The molecule has 4 N–H and O–H groups in total. The molecule has 0 aromatic carbocycles. The lowest BCUT2D eigenvalue weighted by molar-refractivity contribution is -0.144. The lowest BCUT2D eigenvalue weighted by Crippen LogP contribution is -2.32. The first-order valence-electron chi connectivity index (χ1n) is 4.09. The Morgan fingerprint density at radius 2 is 1.73 bits per heavy atom. The van der Waals surface area contributed by atoms with E-state index in [9.17, 15) is 9.59 Å². The SMILES string of the molecule is NC(CC(=O)O)C(=O)O.c1ccncc1. The Balaban J connectivity index is 0.000000280. The van der Waals surface area contributed by atoms with E-state index in [0.29, 0.717) is 0 Å². The van der Waals surface area contributed by atoms with Crippen LogP contribution in [0, 0.1) is 0 Å². The van der Waals surface area contributed by atoms with Gasteiger partial charge < -0.3 is 15.9 Å². The van der Waals surface area contributed by atoms with Crippen molar-refractivity contribution in [3.05, 3.63) is 30.6 Å². The quantitative estimate of drug-likeness (QED) is 0.647. The van der Waals surface area contributed by atoms with Crippen LogP contribution in [-0.4, -0.2) is 33.2 Å². The van der Waals surface area contributed by atoms with Crippen molar-refractivity contribution in [2.45, 2.75) is 12.5 Å². The zero-order valence-electron chi connectivity index (χ0n) is 7.91. The average Bonchev–Trinajstić information content (AvgIpc) is 2.20. The molecule has 0 aliphatic rings. The van der Waals surface area contributed by atoms with Gasteiger partial charge in [0.25, 0.3) is 0 Å². The molecule has 15 heavy (non-hydrogen) atoms. The normalized spacial score (nSPS) is 10.7. The van der Waals surface area contributed by atoms with E-state index in [1.807, 2.05) is 18.2 Å². The van der Waals surface area contributed by atoms with Crippen LogP contribution in [0.15, 0.2) is 30.6 Å². The maximum absolute atomic E-state index is 9.85. The van der Waals surface area contributed by atoms with Crippen molar-refractivity contribution in [1.82, 2.24) is 4.98 Å². The highest BCUT2D eigenvalue weighted by Crippen LogP contribution is 1.86. The van der Waals surface area contributed by atoms with Gasteiger partial charge >= 0.3 is 11.9 Å². The Bertz CT molecular complexity index is 276. The minimum atomic E-state index is -1.29. The van der Waals surface area contributed by atoms with E-state index in [-0.39, 0.29) is 0 Å². The van der Waals surface area contributed by atoms with Gasteiger partial charge in [-0.2, -0.15) is 0 Å². The molecule has 1 atom stereocenters. The maximum Gasteiger partial charge on any atom is 0.321 e. The van der Waals surface area contributed by atoms with Gasteiger partial charge in [0.15, 0.2) is 0 Å². The summed E-state index contributed by atoms with van der Waals surface area (Å²) in [5, 5.41) is 16.0. The zero-order chi connectivity index (χ0) is 11.7. The molecule has 0 saturated heterocycles. The molecule has 1 aromatic heterocycles.